The fraction of sp³-hybridized carbons (Fsp3) is 0.419. The van der Waals surface area contributed by atoms with E-state index in [9.17, 15) is 14.0 Å². The summed E-state index contributed by atoms with van der Waals surface area (Å²) in [7, 11) is 1.59. The third kappa shape index (κ3) is 7.59. The summed E-state index contributed by atoms with van der Waals surface area (Å²) in [5.74, 6) is 0.867. The number of methoxy groups -OCH3 is 1. The van der Waals surface area contributed by atoms with Gasteiger partial charge in [-0.1, -0.05) is 0 Å². The zero-order chi connectivity index (χ0) is 29.3. The second kappa shape index (κ2) is 14.2. The first-order valence-electron chi connectivity index (χ1n) is 14.4. The highest BCUT2D eigenvalue weighted by atomic mass is 19.1. The van der Waals surface area contributed by atoms with Gasteiger partial charge in [0.15, 0.2) is 5.82 Å². The van der Waals surface area contributed by atoms with Crippen molar-refractivity contribution in [1.82, 2.24) is 24.9 Å². The molecule has 5 rings (SSSR count). The lowest BCUT2D eigenvalue weighted by atomic mass is 10.1. The normalized spacial score (nSPS) is 16.1. The topological polar surface area (TPSA) is 91.3 Å². The first-order valence-corrected chi connectivity index (χ1v) is 14.4. The molecular weight excluding hydrogens is 539 g/mol. The molecule has 0 atom stereocenters. The third-order valence-electron chi connectivity index (χ3n) is 7.70. The number of amides is 2. The molecule has 42 heavy (non-hydrogen) atoms. The molecular formula is C31H37FN6O4. The predicted octanol–water partition coefficient (Wildman–Crippen LogP) is 2.80. The van der Waals surface area contributed by atoms with Gasteiger partial charge in [0.2, 0.25) is 5.91 Å². The summed E-state index contributed by atoms with van der Waals surface area (Å²) in [6.45, 7) is 6.59. The zero-order valence-corrected chi connectivity index (χ0v) is 24.0. The van der Waals surface area contributed by atoms with Crippen LogP contribution in [0.25, 0.3) is 11.3 Å². The fourth-order valence-corrected chi connectivity index (χ4v) is 5.18. The molecule has 0 unspecified atom stereocenters. The van der Waals surface area contributed by atoms with Crippen molar-refractivity contribution in [3.05, 3.63) is 72.0 Å². The molecule has 3 heterocycles. The van der Waals surface area contributed by atoms with Gasteiger partial charge in [-0.3, -0.25) is 14.5 Å². The molecule has 0 N–H and O–H groups in total. The molecule has 2 aliphatic heterocycles. The first kappa shape index (κ1) is 29.4. The van der Waals surface area contributed by atoms with Gasteiger partial charge in [-0.15, -0.1) is 10.2 Å². The Morgan fingerprint density at radius 3 is 2.36 bits per heavy atom. The number of nitrogens with zero attached hydrogens (tertiary/aromatic N) is 6. The number of ether oxygens (including phenoxy) is 2. The Kier molecular flexibility index (Phi) is 9.94. The van der Waals surface area contributed by atoms with E-state index in [1.165, 1.54) is 12.1 Å². The fourth-order valence-electron chi connectivity index (χ4n) is 5.18. The van der Waals surface area contributed by atoms with E-state index in [2.05, 4.69) is 20.0 Å². The van der Waals surface area contributed by atoms with Crippen molar-refractivity contribution >= 4 is 17.6 Å². The van der Waals surface area contributed by atoms with Crippen LogP contribution in [0.15, 0.2) is 60.7 Å². The monoisotopic (exact) mass is 576 g/mol. The first-order chi connectivity index (χ1) is 20.5. The summed E-state index contributed by atoms with van der Waals surface area (Å²) < 4.78 is 23.9. The van der Waals surface area contributed by atoms with Crippen molar-refractivity contribution in [1.29, 1.82) is 0 Å². The lowest BCUT2D eigenvalue weighted by Crippen LogP contribution is -2.47. The SMILES string of the molecule is COc1ccc(C(=O)N(CCN2CCOCC2)CC(=O)N2CCCN(c3ccc(-c4ccc(F)cc4)nn3)CC2)cc1. The summed E-state index contributed by atoms with van der Waals surface area (Å²) in [6.07, 6.45) is 0.771. The summed E-state index contributed by atoms with van der Waals surface area (Å²) in [5.41, 5.74) is 1.99. The molecule has 0 radical (unpaired) electrons. The van der Waals surface area contributed by atoms with E-state index in [-0.39, 0.29) is 24.2 Å². The van der Waals surface area contributed by atoms with Gasteiger partial charge in [-0.25, -0.2) is 4.39 Å². The average molecular weight is 577 g/mol. The lowest BCUT2D eigenvalue weighted by Gasteiger charge is -2.31. The zero-order valence-electron chi connectivity index (χ0n) is 24.0. The second-order valence-electron chi connectivity index (χ2n) is 10.4. The van der Waals surface area contributed by atoms with E-state index in [0.29, 0.717) is 62.9 Å². The Balaban J connectivity index is 1.21. The summed E-state index contributed by atoms with van der Waals surface area (Å²) in [4.78, 5) is 34.9. The Labute approximate surface area is 245 Å². The molecule has 0 spiro atoms. The molecule has 2 amide bonds. The van der Waals surface area contributed by atoms with Crippen LogP contribution < -0.4 is 9.64 Å². The van der Waals surface area contributed by atoms with Crippen LogP contribution in [0.3, 0.4) is 0 Å². The molecule has 11 heteroatoms. The molecule has 0 bridgehead atoms. The van der Waals surface area contributed by atoms with Gasteiger partial charge in [0.1, 0.15) is 18.1 Å². The molecule has 2 aliphatic rings. The standard InChI is InChI=1S/C31H37FN6O4/c1-41-27-9-5-25(6-10-27)31(40)38(16-15-35-19-21-42-22-20-35)23-30(39)37-14-2-13-36(17-18-37)29-12-11-28(33-34-29)24-3-7-26(32)8-4-24/h3-12H,2,13-23H2,1H3. The molecule has 0 saturated carbocycles. The number of rotatable bonds is 9. The van der Waals surface area contributed by atoms with Crippen LogP contribution in [-0.4, -0.2) is 116 Å². The highest BCUT2D eigenvalue weighted by Crippen LogP contribution is 2.20. The number of aromatic nitrogens is 2. The van der Waals surface area contributed by atoms with Gasteiger partial charge < -0.3 is 24.2 Å². The second-order valence-corrected chi connectivity index (χ2v) is 10.4. The van der Waals surface area contributed by atoms with Gasteiger partial charge >= 0.3 is 0 Å². The minimum Gasteiger partial charge on any atom is -0.497 e. The van der Waals surface area contributed by atoms with E-state index in [4.69, 9.17) is 9.47 Å². The maximum absolute atomic E-state index is 13.5. The summed E-state index contributed by atoms with van der Waals surface area (Å²) in [6, 6.07) is 16.9. The number of hydrogen-bond donors (Lipinski definition) is 0. The van der Waals surface area contributed by atoms with Crippen LogP contribution in [0.2, 0.25) is 0 Å². The van der Waals surface area contributed by atoms with Crippen molar-refractivity contribution in [2.75, 3.05) is 84.1 Å². The van der Waals surface area contributed by atoms with Gasteiger partial charge in [0.05, 0.1) is 26.0 Å². The number of carbonyl (C=O) groups excluding carboxylic acids is 2. The average Bonchev–Trinajstić information content (AvgIpc) is 3.30. The quantitative estimate of drug-likeness (QED) is 0.384. The van der Waals surface area contributed by atoms with Crippen LogP contribution in [0.4, 0.5) is 10.2 Å². The lowest BCUT2D eigenvalue weighted by molar-refractivity contribution is -0.131. The van der Waals surface area contributed by atoms with Crippen LogP contribution in [0, 0.1) is 5.82 Å². The molecule has 2 saturated heterocycles. The Bertz CT molecular complexity index is 1320. The third-order valence-corrected chi connectivity index (χ3v) is 7.70. The number of halogens is 1. The highest BCUT2D eigenvalue weighted by molar-refractivity contribution is 5.96. The maximum Gasteiger partial charge on any atom is 0.254 e. The van der Waals surface area contributed by atoms with E-state index in [0.717, 1.165) is 37.4 Å². The van der Waals surface area contributed by atoms with Crippen molar-refractivity contribution in [2.24, 2.45) is 0 Å². The van der Waals surface area contributed by atoms with E-state index >= 15 is 0 Å². The molecule has 10 nitrogen and oxygen atoms in total. The van der Waals surface area contributed by atoms with Gasteiger partial charge in [-0.2, -0.15) is 0 Å². The number of morpholine rings is 1. The Morgan fingerprint density at radius 1 is 0.905 bits per heavy atom. The minimum absolute atomic E-state index is 0.0153. The van der Waals surface area contributed by atoms with E-state index in [1.807, 2.05) is 17.0 Å². The molecule has 1 aromatic heterocycles. The molecule has 0 aliphatic carbocycles. The number of anilines is 1. The summed E-state index contributed by atoms with van der Waals surface area (Å²) >= 11 is 0. The number of hydrogen-bond acceptors (Lipinski definition) is 8. The largest absolute Gasteiger partial charge is 0.497 e. The van der Waals surface area contributed by atoms with Gasteiger partial charge in [-0.05, 0) is 67.1 Å². The van der Waals surface area contributed by atoms with E-state index in [1.54, 1.807) is 48.4 Å². The molecule has 222 valence electrons. The maximum atomic E-state index is 13.5. The molecule has 2 aromatic carbocycles. The van der Waals surface area contributed by atoms with Crippen molar-refractivity contribution in [2.45, 2.75) is 6.42 Å². The van der Waals surface area contributed by atoms with Gasteiger partial charge in [0, 0.05) is 63.5 Å². The number of carbonyl (C=O) groups is 2. The van der Waals surface area contributed by atoms with Crippen LogP contribution in [0.1, 0.15) is 16.8 Å². The van der Waals surface area contributed by atoms with Crippen LogP contribution >= 0.6 is 0 Å². The van der Waals surface area contributed by atoms with Crippen molar-refractivity contribution < 1.29 is 23.5 Å². The van der Waals surface area contributed by atoms with Crippen molar-refractivity contribution in [3.8, 4) is 17.0 Å². The van der Waals surface area contributed by atoms with Gasteiger partial charge in [0.25, 0.3) is 5.91 Å². The van der Waals surface area contributed by atoms with Crippen molar-refractivity contribution in [3.63, 3.8) is 0 Å². The predicted molar refractivity (Wildman–Crippen MR) is 157 cm³/mol. The highest BCUT2D eigenvalue weighted by Gasteiger charge is 2.25. The summed E-state index contributed by atoms with van der Waals surface area (Å²) in [5, 5.41) is 8.74. The Morgan fingerprint density at radius 2 is 1.67 bits per heavy atom. The molecule has 3 aromatic rings. The van der Waals surface area contributed by atoms with Crippen LogP contribution in [0.5, 0.6) is 5.75 Å². The van der Waals surface area contributed by atoms with Crippen LogP contribution in [-0.2, 0) is 9.53 Å². The minimum atomic E-state index is -0.294. The number of benzene rings is 2. The van der Waals surface area contributed by atoms with E-state index < -0.39 is 0 Å². The molecule has 2 fully saturated rings. The Hall–Kier alpha value is -4.09. The smallest absolute Gasteiger partial charge is 0.254 e.